The highest BCUT2D eigenvalue weighted by Crippen LogP contribution is 2.46. The van der Waals surface area contributed by atoms with Gasteiger partial charge in [0, 0.05) is 30.0 Å². The summed E-state index contributed by atoms with van der Waals surface area (Å²) in [4.78, 5) is 12.9. The minimum Gasteiger partial charge on any atom is -0.493 e. The number of carboxylic acid groups (broad SMARTS) is 1. The van der Waals surface area contributed by atoms with E-state index in [-0.39, 0.29) is 19.1 Å². The van der Waals surface area contributed by atoms with Gasteiger partial charge in [0.15, 0.2) is 11.5 Å². The molecule has 1 saturated heterocycles. The molecular formula is C24H27NO5. The number of benzene rings is 2. The number of ether oxygens (including phenoxy) is 2. The van der Waals surface area contributed by atoms with Crippen LogP contribution in [0.25, 0.3) is 0 Å². The summed E-state index contributed by atoms with van der Waals surface area (Å²) in [5.74, 6) is 6.99. The first-order chi connectivity index (χ1) is 14.3. The molecule has 3 atom stereocenters. The molecule has 0 spiro atoms. The number of aliphatic hydroxyl groups is 1. The van der Waals surface area contributed by atoms with Crippen molar-refractivity contribution in [3.8, 4) is 23.3 Å². The monoisotopic (exact) mass is 409 g/mol. The second kappa shape index (κ2) is 9.10. The maximum absolute atomic E-state index is 11.5. The van der Waals surface area contributed by atoms with E-state index in [2.05, 4.69) is 11.8 Å². The van der Waals surface area contributed by atoms with E-state index in [0.29, 0.717) is 18.0 Å². The van der Waals surface area contributed by atoms with Crippen molar-refractivity contribution in [1.29, 1.82) is 0 Å². The number of aliphatic hydroxyl groups excluding tert-OH is 1. The Hall–Kier alpha value is -3.17. The maximum Gasteiger partial charge on any atom is 0.407 e. The number of rotatable bonds is 5. The molecule has 158 valence electrons. The van der Waals surface area contributed by atoms with E-state index < -0.39 is 17.6 Å². The average molecular weight is 409 g/mol. The molecule has 1 heterocycles. The van der Waals surface area contributed by atoms with Crippen molar-refractivity contribution in [2.24, 2.45) is 5.41 Å². The van der Waals surface area contributed by atoms with Crippen LogP contribution in [-0.2, 0) is 0 Å². The third-order valence-electron chi connectivity index (χ3n) is 5.85. The Kier molecular flexibility index (Phi) is 6.53. The normalized spacial score (nSPS) is 21.5. The summed E-state index contributed by atoms with van der Waals surface area (Å²) >= 11 is 0. The zero-order valence-corrected chi connectivity index (χ0v) is 17.5. The SMILES string of the molecule is COc1ccc([C@@H]2CN(C(=O)O)C[C@@]2(C)[C@@H](C)O)cc1OCC#Cc1ccccc1. The molecule has 0 unspecified atom stereocenters. The van der Waals surface area contributed by atoms with E-state index >= 15 is 0 Å². The molecule has 2 aromatic rings. The lowest BCUT2D eigenvalue weighted by Crippen LogP contribution is -2.37. The van der Waals surface area contributed by atoms with Crippen LogP contribution < -0.4 is 9.47 Å². The zero-order chi connectivity index (χ0) is 21.7. The lowest BCUT2D eigenvalue weighted by molar-refractivity contribution is 0.0481. The molecule has 0 bridgehead atoms. The van der Waals surface area contributed by atoms with Crippen LogP contribution in [0.5, 0.6) is 11.5 Å². The predicted octanol–water partition coefficient (Wildman–Crippen LogP) is 3.59. The van der Waals surface area contributed by atoms with Crippen molar-refractivity contribution in [2.75, 3.05) is 26.8 Å². The highest BCUT2D eigenvalue weighted by atomic mass is 16.5. The van der Waals surface area contributed by atoms with Gasteiger partial charge >= 0.3 is 6.09 Å². The second-order valence-electron chi connectivity index (χ2n) is 7.76. The molecule has 2 aromatic carbocycles. The molecule has 0 aromatic heterocycles. The van der Waals surface area contributed by atoms with E-state index in [0.717, 1.165) is 11.1 Å². The fourth-order valence-electron chi connectivity index (χ4n) is 3.87. The van der Waals surface area contributed by atoms with Gasteiger partial charge in [-0.2, -0.15) is 0 Å². The number of hydrogen-bond donors (Lipinski definition) is 2. The number of nitrogens with zero attached hydrogens (tertiary/aromatic N) is 1. The number of methoxy groups -OCH3 is 1. The maximum atomic E-state index is 11.5. The Labute approximate surface area is 177 Å². The summed E-state index contributed by atoms with van der Waals surface area (Å²) in [5.41, 5.74) is 1.21. The van der Waals surface area contributed by atoms with Crippen LogP contribution in [0.2, 0.25) is 0 Å². The smallest absolute Gasteiger partial charge is 0.407 e. The molecule has 2 N–H and O–H groups in total. The van der Waals surface area contributed by atoms with Crippen LogP contribution >= 0.6 is 0 Å². The van der Waals surface area contributed by atoms with Gasteiger partial charge in [-0.15, -0.1) is 0 Å². The molecule has 6 heteroatoms. The Morgan fingerprint density at radius 2 is 2.00 bits per heavy atom. The van der Waals surface area contributed by atoms with Gasteiger partial charge in [0.2, 0.25) is 0 Å². The number of amides is 1. The Morgan fingerprint density at radius 1 is 1.27 bits per heavy atom. The fourth-order valence-corrected chi connectivity index (χ4v) is 3.87. The lowest BCUT2D eigenvalue weighted by atomic mass is 9.72. The van der Waals surface area contributed by atoms with Crippen molar-refractivity contribution < 1.29 is 24.5 Å². The first kappa shape index (κ1) is 21.5. The highest BCUT2D eigenvalue weighted by Gasteiger charge is 2.48. The fraction of sp³-hybridized carbons (Fsp3) is 0.375. The van der Waals surface area contributed by atoms with Crippen LogP contribution in [0.4, 0.5) is 4.79 Å². The van der Waals surface area contributed by atoms with Gasteiger partial charge in [-0.1, -0.05) is 43.0 Å². The predicted molar refractivity (Wildman–Crippen MR) is 114 cm³/mol. The topological polar surface area (TPSA) is 79.2 Å². The summed E-state index contributed by atoms with van der Waals surface area (Å²) in [6.45, 7) is 4.40. The standard InChI is InChI=1S/C24H27NO5/c1-17(26)24(2)16-25(23(27)28)15-20(24)19-11-12-21(29-3)22(14-19)30-13-7-10-18-8-5-4-6-9-18/h4-6,8-9,11-12,14,17,20,26H,13,15-16H2,1-3H3,(H,27,28)/t17-,20+,24+/m1/s1. The van der Waals surface area contributed by atoms with Crippen LogP contribution in [0.15, 0.2) is 48.5 Å². The van der Waals surface area contributed by atoms with Crippen LogP contribution in [-0.4, -0.2) is 54.1 Å². The summed E-state index contributed by atoms with van der Waals surface area (Å²) in [6, 6.07) is 15.2. The molecule has 1 aliphatic heterocycles. The third-order valence-corrected chi connectivity index (χ3v) is 5.85. The molecule has 0 radical (unpaired) electrons. The minimum atomic E-state index is -0.981. The van der Waals surface area contributed by atoms with Gasteiger partial charge < -0.3 is 24.6 Å². The van der Waals surface area contributed by atoms with Crippen LogP contribution in [0.3, 0.4) is 0 Å². The van der Waals surface area contributed by atoms with Gasteiger partial charge in [-0.3, -0.25) is 0 Å². The molecule has 1 fully saturated rings. The Balaban J connectivity index is 1.83. The largest absolute Gasteiger partial charge is 0.493 e. The summed E-state index contributed by atoms with van der Waals surface area (Å²) in [5, 5.41) is 19.9. The summed E-state index contributed by atoms with van der Waals surface area (Å²) < 4.78 is 11.3. The Morgan fingerprint density at radius 3 is 2.63 bits per heavy atom. The van der Waals surface area contributed by atoms with E-state index in [1.54, 1.807) is 20.1 Å². The molecule has 1 amide bonds. The summed E-state index contributed by atoms with van der Waals surface area (Å²) in [7, 11) is 1.57. The van der Waals surface area contributed by atoms with Gasteiger partial charge in [0.1, 0.15) is 6.61 Å². The molecule has 6 nitrogen and oxygen atoms in total. The zero-order valence-electron chi connectivity index (χ0n) is 17.5. The van der Waals surface area contributed by atoms with Crippen molar-refractivity contribution in [1.82, 2.24) is 4.90 Å². The Bertz CT molecular complexity index is 947. The molecule has 1 aliphatic rings. The van der Waals surface area contributed by atoms with Crippen molar-refractivity contribution in [3.05, 3.63) is 59.7 Å². The van der Waals surface area contributed by atoms with E-state index in [1.807, 2.05) is 49.4 Å². The number of carbonyl (C=O) groups is 1. The molecule has 30 heavy (non-hydrogen) atoms. The van der Waals surface area contributed by atoms with Gasteiger partial charge in [0.25, 0.3) is 0 Å². The molecule has 0 aliphatic carbocycles. The van der Waals surface area contributed by atoms with Crippen molar-refractivity contribution in [3.63, 3.8) is 0 Å². The second-order valence-corrected chi connectivity index (χ2v) is 7.76. The van der Waals surface area contributed by atoms with Crippen molar-refractivity contribution in [2.45, 2.75) is 25.9 Å². The quantitative estimate of drug-likeness (QED) is 0.738. The van der Waals surface area contributed by atoms with E-state index in [4.69, 9.17) is 9.47 Å². The first-order valence-corrected chi connectivity index (χ1v) is 9.85. The van der Waals surface area contributed by atoms with Crippen LogP contribution in [0.1, 0.15) is 30.9 Å². The molecule has 0 saturated carbocycles. The summed E-state index contributed by atoms with van der Waals surface area (Å²) in [6.07, 6.45) is -1.65. The van der Waals surface area contributed by atoms with Crippen LogP contribution in [0, 0.1) is 17.3 Å². The van der Waals surface area contributed by atoms with Gasteiger partial charge in [0.05, 0.1) is 13.2 Å². The van der Waals surface area contributed by atoms with E-state index in [1.165, 1.54) is 4.90 Å². The highest BCUT2D eigenvalue weighted by molar-refractivity contribution is 5.66. The average Bonchev–Trinajstić information content (AvgIpc) is 3.11. The van der Waals surface area contributed by atoms with Gasteiger partial charge in [-0.05, 0) is 36.8 Å². The first-order valence-electron chi connectivity index (χ1n) is 9.85. The third kappa shape index (κ3) is 4.52. The van der Waals surface area contributed by atoms with E-state index in [9.17, 15) is 15.0 Å². The number of hydrogen-bond acceptors (Lipinski definition) is 4. The lowest BCUT2D eigenvalue weighted by Gasteiger charge is -2.33. The minimum absolute atomic E-state index is 0.169. The molecular weight excluding hydrogens is 382 g/mol. The number of likely N-dealkylation sites (tertiary alicyclic amines) is 1. The van der Waals surface area contributed by atoms with Gasteiger partial charge in [-0.25, -0.2) is 4.79 Å². The molecule has 3 rings (SSSR count). The van der Waals surface area contributed by atoms with Crippen molar-refractivity contribution >= 4 is 6.09 Å².